The number of ether oxygens (including phenoxy) is 1. The fourth-order valence-electron chi connectivity index (χ4n) is 2.07. The molecule has 2 aromatic rings. The molecular formula is C17H23NO2. The second-order valence-corrected chi connectivity index (χ2v) is 5.90. The molecule has 0 saturated heterocycles. The standard InChI is InChI=1S/C17H23NO2/c1-17(2,3)15-6-4-5-7-16(15)20-11-9-18-12-14-8-10-19-13-14/h4-8,10,13,18H,9,11-12H2,1-3H3. The van der Waals surface area contributed by atoms with Gasteiger partial charge in [-0.3, -0.25) is 0 Å². The van der Waals surface area contributed by atoms with Crippen molar-refractivity contribution in [2.45, 2.75) is 32.7 Å². The van der Waals surface area contributed by atoms with Crippen LogP contribution in [0.25, 0.3) is 0 Å². The SMILES string of the molecule is CC(C)(C)c1ccccc1OCCNCc1ccoc1. The summed E-state index contributed by atoms with van der Waals surface area (Å²) in [6.07, 6.45) is 3.44. The topological polar surface area (TPSA) is 34.4 Å². The molecule has 108 valence electrons. The smallest absolute Gasteiger partial charge is 0.123 e. The Hall–Kier alpha value is -1.74. The molecule has 0 spiro atoms. The summed E-state index contributed by atoms with van der Waals surface area (Å²) in [6, 6.07) is 10.2. The third kappa shape index (κ3) is 4.14. The van der Waals surface area contributed by atoms with E-state index in [0.29, 0.717) is 6.61 Å². The maximum absolute atomic E-state index is 5.90. The lowest BCUT2D eigenvalue weighted by Gasteiger charge is -2.22. The van der Waals surface area contributed by atoms with Gasteiger partial charge in [0.1, 0.15) is 12.4 Å². The maximum atomic E-state index is 5.90. The number of benzene rings is 1. The first kappa shape index (κ1) is 14.7. The van der Waals surface area contributed by atoms with Gasteiger partial charge in [-0.05, 0) is 23.1 Å². The van der Waals surface area contributed by atoms with Crippen LogP contribution in [0.3, 0.4) is 0 Å². The van der Waals surface area contributed by atoms with E-state index < -0.39 is 0 Å². The Kier molecular flexibility index (Phi) is 4.85. The zero-order chi connectivity index (χ0) is 14.4. The first-order valence-electron chi connectivity index (χ1n) is 7.01. The first-order valence-corrected chi connectivity index (χ1v) is 7.01. The van der Waals surface area contributed by atoms with Crippen LogP contribution in [-0.4, -0.2) is 13.2 Å². The van der Waals surface area contributed by atoms with Crippen LogP contribution in [0.4, 0.5) is 0 Å². The maximum Gasteiger partial charge on any atom is 0.123 e. The number of para-hydroxylation sites is 1. The predicted molar refractivity (Wildman–Crippen MR) is 81.1 cm³/mol. The Balaban J connectivity index is 1.79. The molecule has 0 fully saturated rings. The van der Waals surface area contributed by atoms with Crippen molar-refractivity contribution in [2.24, 2.45) is 0 Å². The fraction of sp³-hybridized carbons (Fsp3) is 0.412. The summed E-state index contributed by atoms with van der Waals surface area (Å²) in [5.74, 6) is 0.977. The average Bonchev–Trinajstić information content (AvgIpc) is 2.91. The molecule has 0 radical (unpaired) electrons. The largest absolute Gasteiger partial charge is 0.492 e. The monoisotopic (exact) mass is 273 g/mol. The molecule has 2 rings (SSSR count). The second kappa shape index (κ2) is 6.62. The molecular weight excluding hydrogens is 250 g/mol. The van der Waals surface area contributed by atoms with Crippen molar-refractivity contribution in [2.75, 3.05) is 13.2 Å². The second-order valence-electron chi connectivity index (χ2n) is 5.90. The van der Waals surface area contributed by atoms with Crippen LogP contribution in [-0.2, 0) is 12.0 Å². The minimum Gasteiger partial charge on any atom is -0.492 e. The molecule has 3 heteroatoms. The highest BCUT2D eigenvalue weighted by Gasteiger charge is 2.18. The highest BCUT2D eigenvalue weighted by atomic mass is 16.5. The van der Waals surface area contributed by atoms with Gasteiger partial charge < -0.3 is 14.5 Å². The Labute approximate surface area is 121 Å². The number of furan rings is 1. The van der Waals surface area contributed by atoms with E-state index in [9.17, 15) is 0 Å². The van der Waals surface area contributed by atoms with Gasteiger partial charge >= 0.3 is 0 Å². The van der Waals surface area contributed by atoms with Gasteiger partial charge in [-0.1, -0.05) is 39.0 Å². The lowest BCUT2D eigenvalue weighted by Crippen LogP contribution is -2.21. The number of nitrogens with one attached hydrogen (secondary N) is 1. The van der Waals surface area contributed by atoms with Crippen molar-refractivity contribution < 1.29 is 9.15 Å². The van der Waals surface area contributed by atoms with Crippen molar-refractivity contribution in [3.63, 3.8) is 0 Å². The molecule has 20 heavy (non-hydrogen) atoms. The molecule has 3 nitrogen and oxygen atoms in total. The van der Waals surface area contributed by atoms with Gasteiger partial charge in [0.2, 0.25) is 0 Å². The molecule has 0 atom stereocenters. The lowest BCUT2D eigenvalue weighted by molar-refractivity contribution is 0.305. The molecule has 0 unspecified atom stereocenters. The summed E-state index contributed by atoms with van der Waals surface area (Å²) < 4.78 is 10.9. The van der Waals surface area contributed by atoms with Crippen LogP contribution < -0.4 is 10.1 Å². The molecule has 1 aromatic heterocycles. The summed E-state index contributed by atoms with van der Waals surface area (Å²) in [5.41, 5.74) is 2.50. The molecule has 0 aliphatic rings. The average molecular weight is 273 g/mol. The van der Waals surface area contributed by atoms with Gasteiger partial charge in [0.15, 0.2) is 0 Å². The van der Waals surface area contributed by atoms with E-state index in [1.165, 1.54) is 5.56 Å². The van der Waals surface area contributed by atoms with E-state index in [1.54, 1.807) is 12.5 Å². The fourth-order valence-corrected chi connectivity index (χ4v) is 2.07. The number of rotatable bonds is 6. The summed E-state index contributed by atoms with van der Waals surface area (Å²) in [4.78, 5) is 0. The van der Waals surface area contributed by atoms with E-state index in [-0.39, 0.29) is 5.41 Å². The van der Waals surface area contributed by atoms with Gasteiger partial charge in [-0.2, -0.15) is 0 Å². The molecule has 0 aliphatic carbocycles. The zero-order valence-electron chi connectivity index (χ0n) is 12.5. The van der Waals surface area contributed by atoms with Gasteiger partial charge in [0, 0.05) is 18.7 Å². The highest BCUT2D eigenvalue weighted by Crippen LogP contribution is 2.30. The van der Waals surface area contributed by atoms with E-state index in [4.69, 9.17) is 9.15 Å². The van der Waals surface area contributed by atoms with Crippen molar-refractivity contribution in [1.29, 1.82) is 0 Å². The Morgan fingerprint density at radius 3 is 2.65 bits per heavy atom. The highest BCUT2D eigenvalue weighted by molar-refractivity contribution is 5.38. The summed E-state index contributed by atoms with van der Waals surface area (Å²) in [6.45, 7) is 8.88. The van der Waals surface area contributed by atoms with Crippen LogP contribution in [0.1, 0.15) is 31.9 Å². The van der Waals surface area contributed by atoms with Gasteiger partial charge in [0.05, 0.1) is 12.5 Å². The summed E-state index contributed by atoms with van der Waals surface area (Å²) >= 11 is 0. The molecule has 1 heterocycles. The molecule has 0 bridgehead atoms. The normalized spacial score (nSPS) is 11.6. The van der Waals surface area contributed by atoms with E-state index in [2.05, 4.69) is 38.2 Å². The third-order valence-electron chi connectivity index (χ3n) is 3.14. The number of hydrogen-bond donors (Lipinski definition) is 1. The van der Waals surface area contributed by atoms with Crippen LogP contribution in [0.5, 0.6) is 5.75 Å². The van der Waals surface area contributed by atoms with Crippen molar-refractivity contribution in [1.82, 2.24) is 5.32 Å². The minimum atomic E-state index is 0.0980. The lowest BCUT2D eigenvalue weighted by atomic mass is 9.86. The van der Waals surface area contributed by atoms with E-state index >= 15 is 0 Å². The van der Waals surface area contributed by atoms with Crippen molar-refractivity contribution >= 4 is 0 Å². The molecule has 1 aromatic carbocycles. The predicted octanol–water partition coefficient (Wildman–Crippen LogP) is 3.75. The summed E-state index contributed by atoms with van der Waals surface area (Å²) in [5, 5.41) is 3.33. The van der Waals surface area contributed by atoms with Crippen LogP contribution in [0.2, 0.25) is 0 Å². The first-order chi connectivity index (χ1) is 9.57. The Morgan fingerprint density at radius 2 is 1.95 bits per heavy atom. The summed E-state index contributed by atoms with van der Waals surface area (Å²) in [7, 11) is 0. The van der Waals surface area contributed by atoms with Gasteiger partial charge in [-0.25, -0.2) is 0 Å². The van der Waals surface area contributed by atoms with E-state index in [0.717, 1.165) is 24.4 Å². The Bertz CT molecular complexity index is 512. The Morgan fingerprint density at radius 1 is 1.15 bits per heavy atom. The number of hydrogen-bond acceptors (Lipinski definition) is 3. The molecule has 0 amide bonds. The van der Waals surface area contributed by atoms with Gasteiger partial charge in [0.25, 0.3) is 0 Å². The van der Waals surface area contributed by atoms with Crippen molar-refractivity contribution in [3.05, 3.63) is 54.0 Å². The van der Waals surface area contributed by atoms with Crippen LogP contribution in [0, 0.1) is 0 Å². The van der Waals surface area contributed by atoms with Gasteiger partial charge in [-0.15, -0.1) is 0 Å². The molecule has 0 aliphatic heterocycles. The minimum absolute atomic E-state index is 0.0980. The van der Waals surface area contributed by atoms with Crippen LogP contribution >= 0.6 is 0 Å². The van der Waals surface area contributed by atoms with Crippen LogP contribution in [0.15, 0.2) is 47.3 Å². The molecule has 0 saturated carbocycles. The van der Waals surface area contributed by atoms with E-state index in [1.807, 2.05) is 18.2 Å². The zero-order valence-corrected chi connectivity index (χ0v) is 12.5. The van der Waals surface area contributed by atoms with Crippen molar-refractivity contribution in [3.8, 4) is 5.75 Å². The third-order valence-corrected chi connectivity index (χ3v) is 3.14. The molecule has 1 N–H and O–H groups in total. The quantitative estimate of drug-likeness (QED) is 0.814.